The average molecular weight is 516 g/mol. The molecule has 0 atom stereocenters. The van der Waals surface area contributed by atoms with Gasteiger partial charge in [0, 0.05) is 47.0 Å². The van der Waals surface area contributed by atoms with Gasteiger partial charge in [-0.2, -0.15) is 4.98 Å². The molecule has 0 bridgehead atoms. The van der Waals surface area contributed by atoms with Crippen molar-refractivity contribution in [2.24, 2.45) is 0 Å². The Morgan fingerprint density at radius 2 is 1.95 bits per heavy atom. The maximum atomic E-state index is 15.0. The van der Waals surface area contributed by atoms with E-state index in [9.17, 15) is 14.9 Å². The number of fused-ring (bicyclic) bond motifs is 1. The molecule has 2 aromatic carbocycles. The monoisotopic (exact) mass is 515 g/mol. The van der Waals surface area contributed by atoms with Crippen LogP contribution in [0.3, 0.4) is 0 Å². The molecule has 11 nitrogen and oxygen atoms in total. The minimum Gasteiger partial charge on any atom is -0.344 e. The number of nitro benzene ring substituents is 1. The summed E-state index contributed by atoms with van der Waals surface area (Å²) in [6, 6.07) is 12.5. The minimum atomic E-state index is -0.599. The van der Waals surface area contributed by atoms with E-state index in [1.807, 2.05) is 20.8 Å². The number of aromatic nitrogens is 5. The maximum Gasteiger partial charge on any atom is 0.315 e. The Morgan fingerprint density at radius 3 is 2.66 bits per heavy atom. The number of amides is 1. The Balaban J connectivity index is 1.37. The summed E-state index contributed by atoms with van der Waals surface area (Å²) in [5.41, 5.74) is 2.50. The molecule has 5 rings (SSSR count). The first-order chi connectivity index (χ1) is 18.1. The van der Waals surface area contributed by atoms with Crippen LogP contribution in [0.2, 0.25) is 0 Å². The number of benzene rings is 2. The lowest BCUT2D eigenvalue weighted by atomic mass is 9.96. The van der Waals surface area contributed by atoms with Crippen LogP contribution < -0.4 is 5.32 Å². The minimum absolute atomic E-state index is 0.0605. The van der Waals surface area contributed by atoms with Gasteiger partial charge in [0.2, 0.25) is 0 Å². The summed E-state index contributed by atoms with van der Waals surface area (Å²) < 4.78 is 20.1. The first kappa shape index (κ1) is 24.7. The number of non-ortho nitro benzene ring substituents is 1. The van der Waals surface area contributed by atoms with E-state index in [-0.39, 0.29) is 29.1 Å². The number of halogens is 1. The van der Waals surface area contributed by atoms with E-state index >= 15 is 4.39 Å². The van der Waals surface area contributed by atoms with Crippen molar-refractivity contribution in [1.82, 2.24) is 30.4 Å². The number of carbonyl (C=O) groups is 1. The van der Waals surface area contributed by atoms with E-state index in [2.05, 4.69) is 30.4 Å². The number of nitrogens with zero attached hydrogens (tertiary/aromatic N) is 5. The lowest BCUT2D eigenvalue weighted by Crippen LogP contribution is -2.24. The molecule has 2 N–H and O–H groups in total. The zero-order valence-electron chi connectivity index (χ0n) is 20.7. The van der Waals surface area contributed by atoms with E-state index in [1.165, 1.54) is 18.2 Å². The standard InChI is InChI=1S/C26H22FN7O4/c1-26(2,3)25-32-24(38-33-25)23(35)29-13-16-8-7-14(12-19(16)27)18-9-10-28-22-20(18)30-21(31-22)15-5-4-6-17(11-15)34(36)37/h4-12H,13H2,1-3H3,(H,29,35)(H,28,30,31). The third-order valence-corrected chi connectivity index (χ3v) is 5.82. The molecule has 5 aromatic rings. The van der Waals surface area contributed by atoms with Gasteiger partial charge in [-0.05, 0) is 17.7 Å². The largest absolute Gasteiger partial charge is 0.344 e. The smallest absolute Gasteiger partial charge is 0.315 e. The zero-order valence-corrected chi connectivity index (χ0v) is 20.7. The van der Waals surface area contributed by atoms with Crippen LogP contribution >= 0.6 is 0 Å². The van der Waals surface area contributed by atoms with E-state index in [0.717, 1.165) is 0 Å². The summed E-state index contributed by atoms with van der Waals surface area (Å²) in [6.45, 7) is 5.60. The highest BCUT2D eigenvalue weighted by Gasteiger charge is 2.24. The highest BCUT2D eigenvalue weighted by atomic mass is 19.1. The van der Waals surface area contributed by atoms with Gasteiger partial charge in [0.05, 0.1) is 10.4 Å². The van der Waals surface area contributed by atoms with Crippen LogP contribution in [0.4, 0.5) is 10.1 Å². The van der Waals surface area contributed by atoms with Crippen molar-refractivity contribution < 1.29 is 18.6 Å². The number of H-pyrrole nitrogens is 1. The number of nitrogens with one attached hydrogen (secondary N) is 2. The van der Waals surface area contributed by atoms with Crippen molar-refractivity contribution in [3.63, 3.8) is 0 Å². The van der Waals surface area contributed by atoms with Crippen LogP contribution in [0.5, 0.6) is 0 Å². The van der Waals surface area contributed by atoms with Crippen LogP contribution in [0.1, 0.15) is 42.8 Å². The van der Waals surface area contributed by atoms with Gasteiger partial charge in [0.25, 0.3) is 5.69 Å². The summed E-state index contributed by atoms with van der Waals surface area (Å²) in [5.74, 6) is -0.510. The molecule has 0 unspecified atom stereocenters. The molecule has 38 heavy (non-hydrogen) atoms. The molecule has 0 radical (unpaired) electrons. The molecule has 3 heterocycles. The summed E-state index contributed by atoms with van der Waals surface area (Å²) >= 11 is 0. The zero-order chi connectivity index (χ0) is 27.0. The third kappa shape index (κ3) is 4.83. The Labute approximate surface area is 215 Å². The predicted molar refractivity (Wildman–Crippen MR) is 136 cm³/mol. The fourth-order valence-corrected chi connectivity index (χ4v) is 3.78. The molecule has 192 valence electrons. The summed E-state index contributed by atoms with van der Waals surface area (Å²) in [4.78, 5) is 39.0. The van der Waals surface area contributed by atoms with Crippen molar-refractivity contribution >= 4 is 22.8 Å². The summed E-state index contributed by atoms with van der Waals surface area (Å²) in [7, 11) is 0. The highest BCUT2D eigenvalue weighted by molar-refractivity contribution is 5.91. The number of rotatable bonds is 6. The second-order valence-electron chi connectivity index (χ2n) is 9.61. The van der Waals surface area contributed by atoms with Gasteiger partial charge in [-0.1, -0.05) is 50.2 Å². The van der Waals surface area contributed by atoms with E-state index < -0.39 is 16.6 Å². The number of nitro groups is 1. The molecular formula is C26H22FN7O4. The van der Waals surface area contributed by atoms with Crippen LogP contribution in [-0.2, 0) is 12.0 Å². The molecule has 12 heteroatoms. The molecule has 0 aliphatic carbocycles. The number of aromatic amines is 1. The molecule has 0 saturated heterocycles. The van der Waals surface area contributed by atoms with Crippen molar-refractivity contribution in [1.29, 1.82) is 0 Å². The topological polar surface area (TPSA) is 153 Å². The number of hydrogen-bond acceptors (Lipinski definition) is 8. The van der Waals surface area contributed by atoms with E-state index in [0.29, 0.717) is 39.5 Å². The van der Waals surface area contributed by atoms with Gasteiger partial charge in [-0.15, -0.1) is 0 Å². The van der Waals surface area contributed by atoms with Gasteiger partial charge < -0.3 is 14.8 Å². The number of hydrogen-bond donors (Lipinski definition) is 2. The van der Waals surface area contributed by atoms with Crippen molar-refractivity contribution in [3.05, 3.63) is 87.9 Å². The lowest BCUT2D eigenvalue weighted by Gasteiger charge is -2.10. The first-order valence-corrected chi connectivity index (χ1v) is 11.6. The fourth-order valence-electron chi connectivity index (χ4n) is 3.78. The summed E-state index contributed by atoms with van der Waals surface area (Å²) in [6.07, 6.45) is 1.55. The number of imidazole rings is 1. The van der Waals surface area contributed by atoms with Crippen LogP contribution in [0, 0.1) is 15.9 Å². The molecule has 3 aromatic heterocycles. The molecule has 0 spiro atoms. The molecule has 0 aliphatic rings. The molecular weight excluding hydrogens is 493 g/mol. The Morgan fingerprint density at radius 1 is 1.13 bits per heavy atom. The lowest BCUT2D eigenvalue weighted by molar-refractivity contribution is -0.384. The third-order valence-electron chi connectivity index (χ3n) is 5.82. The first-order valence-electron chi connectivity index (χ1n) is 11.6. The Kier molecular flexibility index (Phi) is 6.15. The van der Waals surface area contributed by atoms with Crippen LogP contribution in [-0.4, -0.2) is 35.9 Å². The SMILES string of the molecule is CC(C)(C)c1noc(C(=O)NCc2ccc(-c3ccnc4nc(-c5cccc([N+](=O)[O-])c5)[nH]c34)cc2F)n1. The highest BCUT2D eigenvalue weighted by Crippen LogP contribution is 2.30. The number of pyridine rings is 1. The predicted octanol–water partition coefficient (Wildman–Crippen LogP) is 4.95. The van der Waals surface area contributed by atoms with Crippen LogP contribution in [0.25, 0.3) is 33.7 Å². The Hall–Kier alpha value is -5.00. The van der Waals surface area contributed by atoms with Gasteiger partial charge in [-0.3, -0.25) is 14.9 Å². The average Bonchev–Trinajstić information content (AvgIpc) is 3.56. The van der Waals surface area contributed by atoms with Crippen molar-refractivity contribution in [2.75, 3.05) is 0 Å². The van der Waals surface area contributed by atoms with Gasteiger partial charge in [0.1, 0.15) is 11.6 Å². The van der Waals surface area contributed by atoms with Gasteiger partial charge in [0.15, 0.2) is 11.5 Å². The Bertz CT molecular complexity index is 1690. The molecule has 1 amide bonds. The maximum absolute atomic E-state index is 15.0. The molecule has 0 aliphatic heterocycles. The van der Waals surface area contributed by atoms with Gasteiger partial charge >= 0.3 is 11.8 Å². The molecule has 0 fully saturated rings. The normalized spacial score (nSPS) is 11.6. The van der Waals surface area contributed by atoms with Crippen LogP contribution in [0.15, 0.2) is 59.3 Å². The van der Waals surface area contributed by atoms with E-state index in [1.54, 1.807) is 36.5 Å². The second-order valence-corrected chi connectivity index (χ2v) is 9.61. The van der Waals surface area contributed by atoms with E-state index in [4.69, 9.17) is 4.52 Å². The van der Waals surface area contributed by atoms with Gasteiger partial charge in [-0.25, -0.2) is 14.4 Å². The van der Waals surface area contributed by atoms with Crippen molar-refractivity contribution in [3.8, 4) is 22.5 Å². The number of carbonyl (C=O) groups excluding carboxylic acids is 1. The molecule has 0 saturated carbocycles. The summed E-state index contributed by atoms with van der Waals surface area (Å²) in [5, 5.41) is 17.6. The second kappa shape index (κ2) is 9.47. The quantitative estimate of drug-likeness (QED) is 0.238. The van der Waals surface area contributed by atoms with Crippen molar-refractivity contribution in [2.45, 2.75) is 32.7 Å². The fraction of sp³-hybridized carbons (Fsp3) is 0.192.